The van der Waals surface area contributed by atoms with Gasteiger partial charge in [-0.15, -0.1) is 0 Å². The summed E-state index contributed by atoms with van der Waals surface area (Å²) in [5.41, 5.74) is 10.2. The smallest absolute Gasteiger partial charge is 0.0247 e. The van der Waals surface area contributed by atoms with Crippen LogP contribution in [-0.4, -0.2) is 24.5 Å². The van der Waals surface area contributed by atoms with E-state index in [0.29, 0.717) is 6.04 Å². The molecular formula is C15H24N2. The molecule has 2 heteroatoms. The Morgan fingerprint density at radius 3 is 2.35 bits per heavy atom. The number of nitrogens with zero attached hydrogens (tertiary/aromatic N) is 1. The molecule has 0 aliphatic heterocycles. The molecule has 94 valence electrons. The summed E-state index contributed by atoms with van der Waals surface area (Å²) in [6.45, 7) is 6.21. The number of nitrogens with two attached hydrogens (primary N) is 1. The number of benzene rings is 1. The summed E-state index contributed by atoms with van der Waals surface area (Å²) >= 11 is 0. The van der Waals surface area contributed by atoms with Crippen LogP contribution in [0, 0.1) is 19.8 Å². The highest BCUT2D eigenvalue weighted by molar-refractivity contribution is 5.33. The summed E-state index contributed by atoms with van der Waals surface area (Å²) < 4.78 is 0. The number of aryl methyl sites for hydroxylation is 2. The fraction of sp³-hybridized carbons (Fsp3) is 0.600. The quantitative estimate of drug-likeness (QED) is 0.845. The minimum absolute atomic E-state index is 0.564. The average Bonchev–Trinajstić information content (AvgIpc) is 3.09. The van der Waals surface area contributed by atoms with E-state index in [4.69, 9.17) is 5.73 Å². The third kappa shape index (κ3) is 2.88. The molecule has 0 spiro atoms. The fourth-order valence-electron chi connectivity index (χ4n) is 2.68. The van der Waals surface area contributed by atoms with E-state index in [1.807, 2.05) is 0 Å². The van der Waals surface area contributed by atoms with Gasteiger partial charge in [-0.3, -0.25) is 4.90 Å². The lowest BCUT2D eigenvalue weighted by Crippen LogP contribution is -2.39. The van der Waals surface area contributed by atoms with Crippen LogP contribution in [0.15, 0.2) is 18.2 Å². The van der Waals surface area contributed by atoms with Gasteiger partial charge >= 0.3 is 0 Å². The molecule has 1 aliphatic rings. The lowest BCUT2D eigenvalue weighted by atomic mass is 10.0. The molecule has 1 unspecified atom stereocenters. The van der Waals surface area contributed by atoms with Crippen LogP contribution in [-0.2, 0) is 6.54 Å². The minimum Gasteiger partial charge on any atom is -0.329 e. The van der Waals surface area contributed by atoms with Gasteiger partial charge in [0.1, 0.15) is 0 Å². The maximum absolute atomic E-state index is 5.90. The van der Waals surface area contributed by atoms with E-state index in [-0.39, 0.29) is 0 Å². The number of hydrogen-bond donors (Lipinski definition) is 1. The van der Waals surface area contributed by atoms with Crippen LogP contribution in [0.5, 0.6) is 0 Å². The summed E-state index contributed by atoms with van der Waals surface area (Å²) in [5.74, 6) is 0.842. The van der Waals surface area contributed by atoms with E-state index in [0.717, 1.165) is 19.0 Å². The zero-order valence-corrected chi connectivity index (χ0v) is 11.2. The van der Waals surface area contributed by atoms with Crippen LogP contribution < -0.4 is 5.73 Å². The van der Waals surface area contributed by atoms with Gasteiger partial charge in [-0.05, 0) is 56.3 Å². The Morgan fingerprint density at radius 1 is 1.29 bits per heavy atom. The molecule has 0 aromatic heterocycles. The second kappa shape index (κ2) is 5.19. The van der Waals surface area contributed by atoms with Crippen molar-refractivity contribution in [3.63, 3.8) is 0 Å². The fourth-order valence-corrected chi connectivity index (χ4v) is 2.68. The average molecular weight is 232 g/mol. The molecule has 1 aromatic rings. The summed E-state index contributed by atoms with van der Waals surface area (Å²) in [5, 5.41) is 0. The molecule has 2 nitrogen and oxygen atoms in total. The monoisotopic (exact) mass is 232 g/mol. The van der Waals surface area contributed by atoms with E-state index in [2.05, 4.69) is 44.0 Å². The van der Waals surface area contributed by atoms with E-state index in [9.17, 15) is 0 Å². The van der Waals surface area contributed by atoms with Gasteiger partial charge in [0, 0.05) is 19.1 Å². The van der Waals surface area contributed by atoms with Crippen LogP contribution >= 0.6 is 0 Å². The Hall–Kier alpha value is -0.860. The molecule has 0 amide bonds. The van der Waals surface area contributed by atoms with Crippen molar-refractivity contribution in [1.82, 2.24) is 4.90 Å². The first-order valence-corrected chi connectivity index (χ1v) is 6.59. The van der Waals surface area contributed by atoms with Crippen molar-refractivity contribution in [2.45, 2.75) is 39.3 Å². The highest BCUT2D eigenvalue weighted by Crippen LogP contribution is 2.35. The van der Waals surface area contributed by atoms with Gasteiger partial charge in [0.25, 0.3) is 0 Å². The first-order chi connectivity index (χ1) is 8.13. The third-order valence-corrected chi connectivity index (χ3v) is 4.03. The van der Waals surface area contributed by atoms with Crippen LogP contribution in [0.4, 0.5) is 0 Å². The van der Waals surface area contributed by atoms with Crippen LogP contribution in [0.3, 0.4) is 0 Å². The largest absolute Gasteiger partial charge is 0.329 e. The van der Waals surface area contributed by atoms with Gasteiger partial charge < -0.3 is 5.73 Å². The Balaban J connectivity index is 2.08. The van der Waals surface area contributed by atoms with Gasteiger partial charge in [-0.1, -0.05) is 18.2 Å². The maximum Gasteiger partial charge on any atom is 0.0247 e. The molecule has 0 bridgehead atoms. The highest BCUT2D eigenvalue weighted by atomic mass is 15.1. The number of likely N-dealkylation sites (N-methyl/N-ethyl adjacent to an activating group) is 1. The van der Waals surface area contributed by atoms with E-state index in [1.165, 1.54) is 29.5 Å². The topological polar surface area (TPSA) is 29.3 Å². The zero-order chi connectivity index (χ0) is 12.4. The van der Waals surface area contributed by atoms with E-state index < -0.39 is 0 Å². The predicted octanol–water partition coefficient (Wildman–Crippen LogP) is 2.47. The molecule has 17 heavy (non-hydrogen) atoms. The standard InChI is InChI=1S/C15H24N2/c1-11-5-4-6-12(2)14(11)10-17(3)15(9-16)13-7-8-13/h4-6,13,15H,7-10,16H2,1-3H3. The van der Waals surface area contributed by atoms with E-state index in [1.54, 1.807) is 0 Å². The Morgan fingerprint density at radius 2 is 1.88 bits per heavy atom. The van der Waals surface area contributed by atoms with E-state index >= 15 is 0 Å². The normalized spacial score (nSPS) is 17.5. The Labute approximate surface area is 105 Å². The SMILES string of the molecule is Cc1cccc(C)c1CN(C)C(CN)C1CC1. The van der Waals surface area contributed by atoms with Gasteiger partial charge in [0.05, 0.1) is 0 Å². The molecule has 2 rings (SSSR count). The van der Waals surface area contributed by atoms with Gasteiger partial charge in [0.2, 0.25) is 0 Å². The zero-order valence-electron chi connectivity index (χ0n) is 11.2. The summed E-state index contributed by atoms with van der Waals surface area (Å²) in [7, 11) is 2.21. The molecule has 1 fully saturated rings. The Bertz CT molecular complexity index is 362. The molecule has 0 heterocycles. The summed E-state index contributed by atoms with van der Waals surface area (Å²) in [6, 6.07) is 7.10. The maximum atomic E-state index is 5.90. The van der Waals surface area contributed by atoms with Gasteiger partial charge in [-0.25, -0.2) is 0 Å². The third-order valence-electron chi connectivity index (χ3n) is 4.03. The van der Waals surface area contributed by atoms with Crippen LogP contribution in [0.1, 0.15) is 29.5 Å². The Kier molecular flexibility index (Phi) is 3.85. The summed E-state index contributed by atoms with van der Waals surface area (Å²) in [6.07, 6.45) is 2.72. The minimum atomic E-state index is 0.564. The molecular weight excluding hydrogens is 208 g/mol. The molecule has 1 saturated carbocycles. The van der Waals surface area contributed by atoms with Gasteiger partial charge in [0.15, 0.2) is 0 Å². The molecule has 2 N–H and O–H groups in total. The predicted molar refractivity (Wildman–Crippen MR) is 72.9 cm³/mol. The van der Waals surface area contributed by atoms with Gasteiger partial charge in [-0.2, -0.15) is 0 Å². The van der Waals surface area contributed by atoms with Crippen molar-refractivity contribution < 1.29 is 0 Å². The molecule has 1 aliphatic carbocycles. The lowest BCUT2D eigenvalue weighted by Gasteiger charge is -2.28. The van der Waals surface area contributed by atoms with Crippen molar-refractivity contribution in [3.8, 4) is 0 Å². The summed E-state index contributed by atoms with van der Waals surface area (Å²) in [4.78, 5) is 2.44. The first-order valence-electron chi connectivity index (χ1n) is 6.59. The molecule has 1 aromatic carbocycles. The van der Waals surface area contributed by atoms with Crippen LogP contribution in [0.25, 0.3) is 0 Å². The second-order valence-corrected chi connectivity index (χ2v) is 5.43. The van der Waals surface area contributed by atoms with Crippen molar-refractivity contribution in [3.05, 3.63) is 34.9 Å². The molecule has 1 atom stereocenters. The first kappa shape index (κ1) is 12.6. The molecule has 0 saturated heterocycles. The van der Waals surface area contributed by atoms with Crippen molar-refractivity contribution >= 4 is 0 Å². The van der Waals surface area contributed by atoms with Crippen molar-refractivity contribution in [1.29, 1.82) is 0 Å². The van der Waals surface area contributed by atoms with Crippen molar-refractivity contribution in [2.75, 3.05) is 13.6 Å². The molecule has 0 radical (unpaired) electrons. The van der Waals surface area contributed by atoms with Crippen LogP contribution in [0.2, 0.25) is 0 Å². The highest BCUT2D eigenvalue weighted by Gasteiger charge is 2.32. The number of hydrogen-bond acceptors (Lipinski definition) is 2. The second-order valence-electron chi connectivity index (χ2n) is 5.43. The number of rotatable bonds is 5. The lowest BCUT2D eigenvalue weighted by molar-refractivity contribution is 0.215. The van der Waals surface area contributed by atoms with Crippen molar-refractivity contribution in [2.24, 2.45) is 11.7 Å².